The first-order valence-electron chi connectivity index (χ1n) is 2.19. The number of carbonyl (C=O) groups is 1. The smallest absolute Gasteiger partial charge is 0.376 e. The Morgan fingerprint density at radius 2 is 2.33 bits per heavy atom. The summed E-state index contributed by atoms with van der Waals surface area (Å²) in [5.41, 5.74) is -1.58. The maximum atomic E-state index is 10.0. The Bertz CT molecular complexity index is 146. The molecule has 0 fully saturated rings. The quantitative estimate of drug-likeness (QED) is 0.549. The molecule has 0 aromatic heterocycles. The molecule has 0 spiro atoms. The molecule has 0 bridgehead atoms. The minimum absolute atomic E-state index is 0.0639. The van der Waals surface area contributed by atoms with Crippen LogP contribution < -0.4 is 4.89 Å². The van der Waals surface area contributed by atoms with Crippen LogP contribution in [0.25, 0.3) is 0 Å². The highest BCUT2D eigenvalue weighted by Gasteiger charge is 2.15. The van der Waals surface area contributed by atoms with Gasteiger partial charge in [-0.05, 0) is 6.92 Å². The fourth-order valence-electron chi connectivity index (χ4n) is 0.205. The summed E-state index contributed by atoms with van der Waals surface area (Å²) >= 11 is 0. The van der Waals surface area contributed by atoms with Crippen molar-refractivity contribution in [1.82, 2.24) is 0 Å². The molecular formula is C3H6O5P-. The lowest BCUT2D eigenvalue weighted by Gasteiger charge is -2.11. The monoisotopic (exact) mass is 153 g/mol. The lowest BCUT2D eigenvalue weighted by molar-refractivity contribution is -0.190. The highest BCUT2D eigenvalue weighted by Crippen LogP contribution is 2.31. The lowest BCUT2D eigenvalue weighted by atomic mass is 10.9. The van der Waals surface area contributed by atoms with Crippen LogP contribution in [0.5, 0.6) is 0 Å². The summed E-state index contributed by atoms with van der Waals surface area (Å²) in [4.78, 5) is 27.8. The van der Waals surface area contributed by atoms with Crippen LogP contribution in [-0.2, 0) is 9.30 Å². The molecule has 54 valence electrons. The van der Waals surface area contributed by atoms with Gasteiger partial charge in [0.25, 0.3) is 0 Å². The molecule has 5 nitrogen and oxygen atoms in total. The van der Waals surface area contributed by atoms with E-state index in [1.54, 1.807) is 0 Å². The number of carbonyl (C=O) groups excluding carboxylic acids is 1. The Labute approximate surface area is 51.8 Å². The molecule has 0 saturated carbocycles. The van der Waals surface area contributed by atoms with E-state index in [1.165, 1.54) is 6.92 Å². The summed E-state index contributed by atoms with van der Waals surface area (Å²) in [6.07, 6.45) is 0. The largest absolute Gasteiger partial charge is 0.770 e. The van der Waals surface area contributed by atoms with E-state index in [1.807, 2.05) is 0 Å². The molecular weight excluding hydrogens is 147 g/mol. The summed E-state index contributed by atoms with van der Waals surface area (Å²) < 4.78 is 13.8. The Morgan fingerprint density at radius 3 is 2.44 bits per heavy atom. The minimum Gasteiger partial charge on any atom is -0.770 e. The molecule has 0 aromatic rings. The van der Waals surface area contributed by atoms with Gasteiger partial charge >= 0.3 is 5.71 Å². The first-order chi connectivity index (χ1) is 3.98. The van der Waals surface area contributed by atoms with E-state index in [4.69, 9.17) is 4.89 Å². The van der Waals surface area contributed by atoms with Crippen molar-refractivity contribution in [2.45, 2.75) is 6.92 Å². The number of hydrogen-bond acceptors (Lipinski definition) is 4. The molecule has 6 heteroatoms. The van der Waals surface area contributed by atoms with Gasteiger partial charge in [-0.25, -0.2) is 4.79 Å². The molecule has 0 amide bonds. The normalized spacial score (nSPS) is 16.3. The highest BCUT2D eigenvalue weighted by atomic mass is 31.2. The van der Waals surface area contributed by atoms with Crippen molar-refractivity contribution in [2.24, 2.45) is 0 Å². The Morgan fingerprint density at radius 1 is 1.89 bits per heavy atom. The van der Waals surface area contributed by atoms with Crippen LogP contribution in [-0.4, -0.2) is 17.2 Å². The first kappa shape index (κ1) is 8.62. The van der Waals surface area contributed by atoms with Crippen LogP contribution in [0.15, 0.2) is 0 Å². The third kappa shape index (κ3) is 3.24. The topological polar surface area (TPSA) is 86.7 Å². The van der Waals surface area contributed by atoms with Crippen molar-refractivity contribution >= 4 is 13.3 Å². The second kappa shape index (κ2) is 2.96. The average Bonchev–Trinajstić information content (AvgIpc) is 1.64. The zero-order chi connectivity index (χ0) is 7.49. The average molecular weight is 153 g/mol. The van der Waals surface area contributed by atoms with Crippen LogP contribution in [0.4, 0.5) is 4.79 Å². The van der Waals surface area contributed by atoms with Gasteiger partial charge in [0, 0.05) is 0 Å². The second-order valence-corrected chi connectivity index (χ2v) is 2.63. The Balaban J connectivity index is 3.90. The molecule has 9 heavy (non-hydrogen) atoms. The molecule has 0 aliphatic carbocycles. The standard InChI is InChI=1S/C3H7O5P/c1-2-8-3(4)9(5,6)7/h2H2,1H3,(H2,5,6,7)/p-1. The zero-order valence-electron chi connectivity index (χ0n) is 4.73. The van der Waals surface area contributed by atoms with Crippen LogP contribution in [0.1, 0.15) is 6.92 Å². The van der Waals surface area contributed by atoms with Gasteiger partial charge < -0.3 is 14.5 Å². The predicted octanol–water partition coefficient (Wildman–Crippen LogP) is -0.311. The second-order valence-electron chi connectivity index (χ2n) is 1.22. The van der Waals surface area contributed by atoms with Crippen molar-refractivity contribution < 1.29 is 23.9 Å². The van der Waals surface area contributed by atoms with E-state index in [2.05, 4.69) is 4.74 Å². The van der Waals surface area contributed by atoms with Gasteiger partial charge in [0.2, 0.25) is 7.60 Å². The summed E-state index contributed by atoms with van der Waals surface area (Å²) in [5, 5.41) is 0. The van der Waals surface area contributed by atoms with Crippen molar-refractivity contribution in [2.75, 3.05) is 6.61 Å². The van der Waals surface area contributed by atoms with Gasteiger partial charge in [-0.1, -0.05) is 0 Å². The highest BCUT2D eigenvalue weighted by molar-refractivity contribution is 7.68. The van der Waals surface area contributed by atoms with Gasteiger partial charge in [-0.15, -0.1) is 0 Å². The lowest BCUT2D eigenvalue weighted by Crippen LogP contribution is -2.11. The van der Waals surface area contributed by atoms with Gasteiger partial charge in [0.1, 0.15) is 0 Å². The Hall–Kier alpha value is -0.380. The first-order valence-corrected chi connectivity index (χ1v) is 3.77. The van der Waals surface area contributed by atoms with Crippen molar-refractivity contribution in [1.29, 1.82) is 0 Å². The van der Waals surface area contributed by atoms with E-state index in [-0.39, 0.29) is 6.61 Å². The zero-order valence-corrected chi connectivity index (χ0v) is 5.63. The summed E-state index contributed by atoms with van der Waals surface area (Å²) in [5.74, 6) is 0. The molecule has 0 saturated heterocycles. The van der Waals surface area contributed by atoms with E-state index < -0.39 is 13.3 Å². The molecule has 0 aliphatic rings. The van der Waals surface area contributed by atoms with Crippen molar-refractivity contribution in [3.05, 3.63) is 0 Å². The summed E-state index contributed by atoms with van der Waals surface area (Å²) in [6.45, 7) is 1.37. The van der Waals surface area contributed by atoms with E-state index in [0.29, 0.717) is 0 Å². The Kier molecular flexibility index (Phi) is 2.84. The number of rotatable bonds is 2. The van der Waals surface area contributed by atoms with Crippen LogP contribution in [0.3, 0.4) is 0 Å². The number of hydrogen-bond donors (Lipinski definition) is 1. The fraction of sp³-hybridized carbons (Fsp3) is 0.667. The summed E-state index contributed by atoms with van der Waals surface area (Å²) in [6, 6.07) is 0. The maximum absolute atomic E-state index is 10.0. The fourth-order valence-corrected chi connectivity index (χ4v) is 0.497. The summed E-state index contributed by atoms with van der Waals surface area (Å²) in [7, 11) is -4.88. The van der Waals surface area contributed by atoms with Crippen LogP contribution in [0, 0.1) is 0 Å². The van der Waals surface area contributed by atoms with Gasteiger partial charge in [0.05, 0.1) is 6.61 Å². The molecule has 0 heterocycles. The van der Waals surface area contributed by atoms with Crippen LogP contribution >= 0.6 is 7.60 Å². The molecule has 1 N–H and O–H groups in total. The third-order valence-electron chi connectivity index (χ3n) is 0.499. The van der Waals surface area contributed by atoms with Gasteiger partial charge in [0.15, 0.2) is 0 Å². The molecule has 0 aromatic carbocycles. The predicted molar refractivity (Wildman–Crippen MR) is 26.8 cm³/mol. The SMILES string of the molecule is CCOC(=O)P(=O)([O-])O. The van der Waals surface area contributed by atoms with Crippen LogP contribution in [0.2, 0.25) is 0 Å². The third-order valence-corrected chi connectivity index (χ3v) is 1.09. The van der Waals surface area contributed by atoms with Crippen molar-refractivity contribution in [3.63, 3.8) is 0 Å². The van der Waals surface area contributed by atoms with E-state index in [9.17, 15) is 14.3 Å². The molecule has 0 radical (unpaired) electrons. The van der Waals surface area contributed by atoms with Gasteiger partial charge in [-0.3, -0.25) is 4.57 Å². The molecule has 1 atom stereocenters. The van der Waals surface area contributed by atoms with Gasteiger partial charge in [-0.2, -0.15) is 0 Å². The maximum Gasteiger partial charge on any atom is 0.376 e. The van der Waals surface area contributed by atoms with E-state index >= 15 is 0 Å². The molecule has 0 rings (SSSR count). The minimum atomic E-state index is -4.88. The number of ether oxygens (including phenoxy) is 1. The molecule has 1 unspecified atom stereocenters. The van der Waals surface area contributed by atoms with Crippen molar-refractivity contribution in [3.8, 4) is 0 Å². The molecule has 0 aliphatic heterocycles. The van der Waals surface area contributed by atoms with E-state index in [0.717, 1.165) is 0 Å².